The van der Waals surface area contributed by atoms with Crippen LogP contribution in [0.2, 0.25) is 0 Å². The Balaban J connectivity index is 1.84. The van der Waals surface area contributed by atoms with Crippen LogP contribution in [0.1, 0.15) is 75.6 Å². The summed E-state index contributed by atoms with van der Waals surface area (Å²) in [4.78, 5) is 7.08. The van der Waals surface area contributed by atoms with Crippen molar-refractivity contribution in [3.05, 3.63) is 101 Å². The average Bonchev–Trinajstić information content (AvgIpc) is 3.04. The van der Waals surface area contributed by atoms with Crippen molar-refractivity contribution in [1.29, 1.82) is 0 Å². The van der Waals surface area contributed by atoms with E-state index >= 15 is 0 Å². The lowest BCUT2D eigenvalue weighted by molar-refractivity contribution is 0.480. The topological polar surface area (TPSA) is 64.1 Å². The Morgan fingerprint density at radius 1 is 0.644 bits per heavy atom. The second kappa shape index (κ2) is 15.6. The van der Waals surface area contributed by atoms with Gasteiger partial charge in [0.25, 0.3) is 10.1 Å². The van der Waals surface area contributed by atoms with Gasteiger partial charge in [-0.15, -0.1) is 0 Å². The van der Waals surface area contributed by atoms with Gasteiger partial charge in [-0.1, -0.05) is 48.5 Å². The summed E-state index contributed by atoms with van der Waals surface area (Å²) in [6.45, 7) is 18.6. The van der Waals surface area contributed by atoms with E-state index in [4.69, 9.17) is 0 Å². The molecular formula is C38H51N3O3S. The molecule has 0 aliphatic heterocycles. The number of benzene rings is 4. The zero-order chi connectivity index (χ0) is 32.6. The summed E-state index contributed by atoms with van der Waals surface area (Å²) in [5, 5.41) is 2.41. The van der Waals surface area contributed by atoms with Gasteiger partial charge in [-0.2, -0.15) is 8.42 Å². The zero-order valence-electron chi connectivity index (χ0n) is 28.0. The first-order chi connectivity index (χ1) is 21.6. The molecule has 0 fully saturated rings. The molecule has 6 nitrogen and oxygen atoms in total. The second-order valence-electron chi connectivity index (χ2n) is 11.7. The van der Waals surface area contributed by atoms with Gasteiger partial charge in [0.05, 0.1) is 5.75 Å². The van der Waals surface area contributed by atoms with Gasteiger partial charge in [0.2, 0.25) is 0 Å². The number of fused-ring (bicyclic) bond motifs is 1. The highest BCUT2D eigenvalue weighted by atomic mass is 32.2. The Labute approximate surface area is 271 Å². The Bertz CT molecular complexity index is 1650. The number of nitrogens with zero attached hydrogens (tertiary/aromatic N) is 3. The van der Waals surface area contributed by atoms with Crippen LogP contribution in [0, 0.1) is 6.92 Å². The number of unbranched alkanes of at least 4 members (excludes halogenated alkanes) is 1. The van der Waals surface area contributed by atoms with Crippen LogP contribution in [0.3, 0.4) is 0 Å². The van der Waals surface area contributed by atoms with Crippen molar-refractivity contribution in [3.63, 3.8) is 0 Å². The number of rotatable bonds is 16. The summed E-state index contributed by atoms with van der Waals surface area (Å²) in [5.74, 6) is -0.156. The smallest absolute Gasteiger partial charge is 0.264 e. The minimum absolute atomic E-state index is 0.0466. The van der Waals surface area contributed by atoms with Gasteiger partial charge in [-0.25, -0.2) is 0 Å². The molecule has 45 heavy (non-hydrogen) atoms. The summed E-state index contributed by atoms with van der Waals surface area (Å²) >= 11 is 0. The molecule has 4 aromatic rings. The number of aryl methyl sites for hydroxylation is 1. The first-order valence-corrected chi connectivity index (χ1v) is 18.2. The molecule has 242 valence electrons. The molecule has 0 spiro atoms. The van der Waals surface area contributed by atoms with E-state index in [-0.39, 0.29) is 11.7 Å². The molecule has 0 amide bonds. The maximum absolute atomic E-state index is 11.3. The highest BCUT2D eigenvalue weighted by molar-refractivity contribution is 7.85. The number of hydrogen-bond acceptors (Lipinski definition) is 5. The van der Waals surface area contributed by atoms with Gasteiger partial charge in [0, 0.05) is 67.6 Å². The van der Waals surface area contributed by atoms with Crippen LogP contribution >= 0.6 is 0 Å². The van der Waals surface area contributed by atoms with Crippen LogP contribution in [-0.4, -0.2) is 58.0 Å². The lowest BCUT2D eigenvalue weighted by atomic mass is 9.80. The van der Waals surface area contributed by atoms with E-state index in [2.05, 4.69) is 135 Å². The molecule has 1 unspecified atom stereocenters. The van der Waals surface area contributed by atoms with Gasteiger partial charge in [-0.3, -0.25) is 4.55 Å². The molecule has 0 aliphatic carbocycles. The summed E-state index contributed by atoms with van der Waals surface area (Å²) < 4.78 is 31.7. The largest absolute Gasteiger partial charge is 0.372 e. The summed E-state index contributed by atoms with van der Waals surface area (Å²) in [7, 11) is -3.95. The zero-order valence-corrected chi connectivity index (χ0v) is 28.8. The molecule has 0 aliphatic rings. The fraction of sp³-hybridized carbons (Fsp3) is 0.421. The van der Waals surface area contributed by atoms with Gasteiger partial charge in [-0.05, 0) is 112 Å². The predicted molar refractivity (Wildman–Crippen MR) is 193 cm³/mol. The highest BCUT2D eigenvalue weighted by Crippen LogP contribution is 2.41. The summed E-state index contributed by atoms with van der Waals surface area (Å²) in [6, 6.07) is 29.2. The monoisotopic (exact) mass is 629 g/mol. The SMILES string of the molecule is CCN(CC)c1ccc(C(c2ccc(N(CC)CC)cc2C)c2ccc(N(CC)CCCCS(=O)(=O)O)c3ccccc23)cc1. The van der Waals surface area contributed by atoms with Gasteiger partial charge < -0.3 is 14.7 Å². The maximum atomic E-state index is 11.3. The lowest BCUT2D eigenvalue weighted by Gasteiger charge is -2.29. The number of anilines is 3. The standard InChI is InChI=1S/C38H51N3O3S/c1-7-39(8-2)31-20-18-30(19-21-31)38(33-23-22-32(28-29(33)6)40(9-3)10-4)36-24-25-37(35-17-13-12-16-34(35)36)41(11-5)26-14-15-27-45(42,43)44/h12-13,16-25,28,38H,7-11,14-15,26-27H2,1-6H3,(H,42,43,44). The Morgan fingerprint density at radius 2 is 1.20 bits per heavy atom. The molecule has 0 radical (unpaired) electrons. The van der Waals surface area contributed by atoms with Crippen molar-refractivity contribution in [2.24, 2.45) is 0 Å². The first-order valence-electron chi connectivity index (χ1n) is 16.6. The molecule has 4 aromatic carbocycles. The lowest BCUT2D eigenvalue weighted by Crippen LogP contribution is -2.25. The third-order valence-corrected chi connectivity index (χ3v) is 9.90. The third kappa shape index (κ3) is 8.19. The average molecular weight is 630 g/mol. The first kappa shape index (κ1) is 34.3. The molecule has 0 bridgehead atoms. The van der Waals surface area contributed by atoms with E-state index < -0.39 is 10.1 Å². The Hall–Kier alpha value is -3.55. The fourth-order valence-electron chi connectivity index (χ4n) is 6.63. The van der Waals surface area contributed by atoms with Gasteiger partial charge in [0.1, 0.15) is 0 Å². The van der Waals surface area contributed by atoms with Crippen molar-refractivity contribution in [2.45, 2.75) is 60.3 Å². The van der Waals surface area contributed by atoms with Crippen molar-refractivity contribution in [2.75, 3.05) is 59.7 Å². The fourth-order valence-corrected chi connectivity index (χ4v) is 7.20. The van der Waals surface area contributed by atoms with E-state index in [0.29, 0.717) is 12.8 Å². The Morgan fingerprint density at radius 3 is 1.78 bits per heavy atom. The van der Waals surface area contributed by atoms with Gasteiger partial charge >= 0.3 is 0 Å². The summed E-state index contributed by atoms with van der Waals surface area (Å²) in [6.07, 6.45) is 1.11. The van der Waals surface area contributed by atoms with E-state index in [0.717, 1.165) is 45.0 Å². The van der Waals surface area contributed by atoms with E-state index in [9.17, 15) is 13.0 Å². The molecule has 0 heterocycles. The molecule has 0 saturated heterocycles. The van der Waals surface area contributed by atoms with Crippen LogP contribution in [-0.2, 0) is 10.1 Å². The third-order valence-electron chi connectivity index (χ3n) is 9.10. The molecule has 1 atom stereocenters. The molecule has 4 rings (SSSR count). The van der Waals surface area contributed by atoms with Crippen molar-refractivity contribution < 1.29 is 13.0 Å². The van der Waals surface area contributed by atoms with E-state index in [1.165, 1.54) is 44.4 Å². The van der Waals surface area contributed by atoms with Gasteiger partial charge in [0.15, 0.2) is 0 Å². The highest BCUT2D eigenvalue weighted by Gasteiger charge is 2.23. The van der Waals surface area contributed by atoms with Crippen molar-refractivity contribution >= 4 is 38.0 Å². The van der Waals surface area contributed by atoms with Crippen molar-refractivity contribution in [3.8, 4) is 0 Å². The second-order valence-corrected chi connectivity index (χ2v) is 13.3. The molecular weight excluding hydrogens is 579 g/mol. The van der Waals surface area contributed by atoms with E-state index in [1.54, 1.807) is 0 Å². The van der Waals surface area contributed by atoms with Crippen LogP contribution in [0.25, 0.3) is 10.8 Å². The number of hydrogen-bond donors (Lipinski definition) is 1. The van der Waals surface area contributed by atoms with Crippen LogP contribution in [0.15, 0.2) is 78.9 Å². The quantitative estimate of drug-likeness (QED) is 0.0762. The van der Waals surface area contributed by atoms with E-state index in [1.807, 2.05) is 0 Å². The van der Waals surface area contributed by atoms with Crippen LogP contribution in [0.5, 0.6) is 0 Å². The Kier molecular flexibility index (Phi) is 11.9. The van der Waals surface area contributed by atoms with Crippen LogP contribution < -0.4 is 14.7 Å². The maximum Gasteiger partial charge on any atom is 0.264 e. The normalized spacial score (nSPS) is 12.3. The summed E-state index contributed by atoms with van der Waals surface area (Å²) in [5.41, 5.74) is 8.75. The minimum Gasteiger partial charge on any atom is -0.372 e. The molecule has 7 heteroatoms. The molecule has 0 aromatic heterocycles. The molecule has 1 N–H and O–H groups in total. The molecule has 0 saturated carbocycles. The van der Waals surface area contributed by atoms with Crippen molar-refractivity contribution in [1.82, 2.24) is 0 Å². The van der Waals surface area contributed by atoms with Crippen LogP contribution in [0.4, 0.5) is 17.1 Å². The minimum atomic E-state index is -3.95. The predicted octanol–water partition coefficient (Wildman–Crippen LogP) is 8.52.